The molecule has 1 aromatic heterocycles. The summed E-state index contributed by atoms with van der Waals surface area (Å²) in [4.78, 5) is 29.1. The highest BCUT2D eigenvalue weighted by Crippen LogP contribution is 2.28. The molecule has 1 N–H and O–H groups in total. The van der Waals surface area contributed by atoms with Gasteiger partial charge in [-0.1, -0.05) is 48.7 Å². The third kappa shape index (κ3) is 6.92. The van der Waals surface area contributed by atoms with E-state index in [1.807, 2.05) is 6.92 Å². The summed E-state index contributed by atoms with van der Waals surface area (Å²) >= 11 is 11.9. The average molecular weight is 505 g/mol. The summed E-state index contributed by atoms with van der Waals surface area (Å²) in [5, 5.41) is 3.22. The van der Waals surface area contributed by atoms with Crippen molar-refractivity contribution in [3.63, 3.8) is 0 Å². The SMILES string of the molecule is CCCCOC(=O)c1ccc([C@H](C)NC(=O)c2cc(Cl)cnc2Oc2cc(F)cc(Cl)c2)cc1. The van der Waals surface area contributed by atoms with Crippen LogP contribution in [0.3, 0.4) is 0 Å². The standard InChI is InChI=1S/C25H23Cl2FN2O4/c1-3-4-9-33-25(32)17-7-5-16(6-8-17)15(2)30-23(31)22-12-19(27)14-29-24(22)34-21-11-18(26)10-20(28)13-21/h5-8,10-15H,3-4,9H2,1-2H3,(H,30,31)/t15-/m0/s1. The molecule has 178 valence electrons. The largest absolute Gasteiger partial charge is 0.462 e. The van der Waals surface area contributed by atoms with E-state index in [9.17, 15) is 14.0 Å². The van der Waals surface area contributed by atoms with Crippen LogP contribution in [0.1, 0.15) is 59.0 Å². The quantitative estimate of drug-likeness (QED) is 0.257. The average Bonchev–Trinajstić information content (AvgIpc) is 2.79. The van der Waals surface area contributed by atoms with Crippen molar-refractivity contribution in [2.24, 2.45) is 0 Å². The number of unbranched alkanes of at least 4 members (excludes halogenated alkanes) is 1. The van der Waals surface area contributed by atoms with Crippen molar-refractivity contribution in [1.82, 2.24) is 10.3 Å². The van der Waals surface area contributed by atoms with Crippen LogP contribution in [0, 0.1) is 5.82 Å². The molecule has 0 saturated carbocycles. The summed E-state index contributed by atoms with van der Waals surface area (Å²) in [5.41, 5.74) is 1.27. The van der Waals surface area contributed by atoms with Gasteiger partial charge in [0.2, 0.25) is 5.88 Å². The maximum absolute atomic E-state index is 13.7. The van der Waals surface area contributed by atoms with Crippen molar-refractivity contribution in [2.45, 2.75) is 32.7 Å². The van der Waals surface area contributed by atoms with E-state index >= 15 is 0 Å². The van der Waals surface area contributed by atoms with Gasteiger partial charge in [-0.3, -0.25) is 4.79 Å². The Morgan fingerprint density at radius 3 is 2.50 bits per heavy atom. The number of amides is 1. The minimum absolute atomic E-state index is 0.0547. The number of rotatable bonds is 9. The van der Waals surface area contributed by atoms with Crippen LogP contribution in [0.5, 0.6) is 11.6 Å². The normalized spacial score (nSPS) is 11.6. The molecule has 0 aliphatic heterocycles. The van der Waals surface area contributed by atoms with E-state index < -0.39 is 17.8 Å². The fourth-order valence-electron chi connectivity index (χ4n) is 3.03. The highest BCUT2D eigenvalue weighted by atomic mass is 35.5. The molecular formula is C25H23Cl2FN2O4. The van der Waals surface area contributed by atoms with E-state index in [4.69, 9.17) is 32.7 Å². The number of aromatic nitrogens is 1. The molecule has 2 aromatic carbocycles. The maximum Gasteiger partial charge on any atom is 0.338 e. The van der Waals surface area contributed by atoms with E-state index in [1.54, 1.807) is 31.2 Å². The number of carbonyl (C=O) groups is 2. The van der Waals surface area contributed by atoms with Crippen LogP contribution in [0.15, 0.2) is 54.7 Å². The molecule has 0 bridgehead atoms. The van der Waals surface area contributed by atoms with Gasteiger partial charge < -0.3 is 14.8 Å². The molecule has 0 saturated heterocycles. The van der Waals surface area contributed by atoms with Crippen molar-refractivity contribution in [1.29, 1.82) is 0 Å². The zero-order chi connectivity index (χ0) is 24.7. The Morgan fingerprint density at radius 1 is 1.09 bits per heavy atom. The predicted molar refractivity (Wildman–Crippen MR) is 128 cm³/mol. The second-order valence-electron chi connectivity index (χ2n) is 7.52. The van der Waals surface area contributed by atoms with Gasteiger partial charge in [0.15, 0.2) is 0 Å². The lowest BCUT2D eigenvalue weighted by Gasteiger charge is -2.16. The van der Waals surface area contributed by atoms with Crippen molar-refractivity contribution >= 4 is 35.1 Å². The molecule has 1 atom stereocenters. The van der Waals surface area contributed by atoms with Crippen LogP contribution < -0.4 is 10.1 Å². The minimum Gasteiger partial charge on any atom is -0.462 e. The molecule has 0 radical (unpaired) electrons. The summed E-state index contributed by atoms with van der Waals surface area (Å²) in [5.74, 6) is -1.44. The van der Waals surface area contributed by atoms with Crippen LogP contribution in [0.2, 0.25) is 10.0 Å². The Balaban J connectivity index is 1.72. The summed E-state index contributed by atoms with van der Waals surface area (Å²) in [7, 11) is 0. The molecule has 6 nitrogen and oxygen atoms in total. The van der Waals surface area contributed by atoms with Gasteiger partial charge in [-0.05, 0) is 49.2 Å². The molecule has 9 heteroatoms. The number of benzene rings is 2. The number of hydrogen-bond donors (Lipinski definition) is 1. The molecule has 0 aliphatic rings. The Hall–Kier alpha value is -3.16. The molecular weight excluding hydrogens is 482 g/mol. The minimum atomic E-state index is -0.589. The third-order valence-electron chi connectivity index (χ3n) is 4.84. The fourth-order valence-corrected chi connectivity index (χ4v) is 3.40. The molecule has 0 aliphatic carbocycles. The lowest BCUT2D eigenvalue weighted by molar-refractivity contribution is 0.0499. The van der Waals surface area contributed by atoms with Gasteiger partial charge in [-0.25, -0.2) is 14.2 Å². The number of ether oxygens (including phenoxy) is 2. The Kier molecular flexibility index (Phi) is 8.85. The zero-order valence-electron chi connectivity index (χ0n) is 18.6. The van der Waals surface area contributed by atoms with Crippen LogP contribution in [-0.4, -0.2) is 23.5 Å². The van der Waals surface area contributed by atoms with Gasteiger partial charge in [0.1, 0.15) is 17.1 Å². The summed E-state index contributed by atoms with van der Waals surface area (Å²) in [6.45, 7) is 4.19. The predicted octanol–water partition coefficient (Wildman–Crippen LogP) is 6.77. The zero-order valence-corrected chi connectivity index (χ0v) is 20.1. The number of nitrogens with one attached hydrogen (secondary N) is 1. The first-order valence-electron chi connectivity index (χ1n) is 10.6. The van der Waals surface area contributed by atoms with E-state index in [2.05, 4.69) is 10.3 Å². The number of pyridine rings is 1. The van der Waals surface area contributed by atoms with Gasteiger partial charge in [-0.2, -0.15) is 0 Å². The van der Waals surface area contributed by atoms with Crippen molar-refractivity contribution < 1.29 is 23.5 Å². The van der Waals surface area contributed by atoms with Gasteiger partial charge in [-0.15, -0.1) is 0 Å². The molecule has 0 unspecified atom stereocenters. The Labute approximate surface area is 207 Å². The highest BCUT2D eigenvalue weighted by molar-refractivity contribution is 6.31. The van der Waals surface area contributed by atoms with Gasteiger partial charge >= 0.3 is 5.97 Å². The first-order chi connectivity index (χ1) is 16.3. The second kappa shape index (κ2) is 11.8. The van der Waals surface area contributed by atoms with Gasteiger partial charge in [0, 0.05) is 17.3 Å². The van der Waals surface area contributed by atoms with E-state index in [0.29, 0.717) is 12.2 Å². The van der Waals surface area contributed by atoms with Gasteiger partial charge in [0.05, 0.1) is 23.2 Å². The van der Waals surface area contributed by atoms with Crippen molar-refractivity contribution in [3.05, 3.63) is 87.3 Å². The number of esters is 1. The Morgan fingerprint density at radius 2 is 1.82 bits per heavy atom. The van der Waals surface area contributed by atoms with E-state index in [1.165, 1.54) is 18.3 Å². The highest BCUT2D eigenvalue weighted by Gasteiger charge is 2.19. The molecule has 1 amide bonds. The Bertz CT molecular complexity index is 1150. The van der Waals surface area contributed by atoms with Crippen LogP contribution in [-0.2, 0) is 4.74 Å². The summed E-state index contributed by atoms with van der Waals surface area (Å²) in [6.07, 6.45) is 3.06. The third-order valence-corrected chi connectivity index (χ3v) is 5.26. The van der Waals surface area contributed by atoms with Crippen LogP contribution >= 0.6 is 23.2 Å². The monoisotopic (exact) mass is 504 g/mol. The molecule has 0 spiro atoms. The fraction of sp³-hybridized carbons (Fsp3) is 0.240. The topological polar surface area (TPSA) is 77.5 Å². The summed E-state index contributed by atoms with van der Waals surface area (Å²) in [6, 6.07) is 11.4. The van der Waals surface area contributed by atoms with Gasteiger partial charge in [0.25, 0.3) is 5.91 Å². The van der Waals surface area contributed by atoms with Crippen LogP contribution in [0.4, 0.5) is 4.39 Å². The number of halogens is 3. The number of hydrogen-bond acceptors (Lipinski definition) is 5. The molecule has 3 rings (SSSR count). The first kappa shape index (κ1) is 25.5. The van der Waals surface area contributed by atoms with Crippen LogP contribution in [0.25, 0.3) is 0 Å². The van der Waals surface area contributed by atoms with E-state index in [-0.39, 0.29) is 33.2 Å². The van der Waals surface area contributed by atoms with Crippen molar-refractivity contribution in [2.75, 3.05) is 6.61 Å². The lowest BCUT2D eigenvalue weighted by Crippen LogP contribution is -2.27. The van der Waals surface area contributed by atoms with Crippen molar-refractivity contribution in [3.8, 4) is 11.6 Å². The smallest absolute Gasteiger partial charge is 0.338 e. The number of carbonyl (C=O) groups excluding carboxylic acids is 2. The first-order valence-corrected chi connectivity index (χ1v) is 11.4. The number of nitrogens with zero attached hydrogens (tertiary/aromatic N) is 1. The molecule has 0 fully saturated rings. The maximum atomic E-state index is 13.7. The molecule has 3 aromatic rings. The second-order valence-corrected chi connectivity index (χ2v) is 8.39. The van der Waals surface area contributed by atoms with E-state index in [0.717, 1.165) is 30.5 Å². The lowest BCUT2D eigenvalue weighted by atomic mass is 10.1. The molecule has 1 heterocycles. The molecule has 34 heavy (non-hydrogen) atoms. The summed E-state index contributed by atoms with van der Waals surface area (Å²) < 4.78 is 24.5.